The number of hydrogen-bond acceptors (Lipinski definition) is 3. The van der Waals surface area contributed by atoms with E-state index in [0.717, 1.165) is 16.3 Å². The number of carbonyl (C=O) groups excluding carboxylic acids is 1. The Hall–Kier alpha value is -1.08. The summed E-state index contributed by atoms with van der Waals surface area (Å²) < 4.78 is 25.7. The summed E-state index contributed by atoms with van der Waals surface area (Å²) in [4.78, 5) is 14.7. The summed E-state index contributed by atoms with van der Waals surface area (Å²) in [5, 5.41) is 0. The van der Waals surface area contributed by atoms with Gasteiger partial charge in [-0.05, 0) is 43.4 Å². The number of anilines is 1. The minimum atomic E-state index is -3.42. The molecule has 0 spiro atoms. The first kappa shape index (κ1) is 15.8. The average molecular weight is 387 g/mol. The molecule has 0 N–H and O–H groups in total. The van der Waals surface area contributed by atoms with Crippen LogP contribution in [-0.2, 0) is 16.6 Å². The highest BCUT2D eigenvalue weighted by Gasteiger charge is 2.40. The van der Waals surface area contributed by atoms with Crippen LogP contribution in [0, 0.1) is 5.92 Å². The molecule has 1 aromatic carbocycles. The zero-order valence-corrected chi connectivity index (χ0v) is 15.2. The van der Waals surface area contributed by atoms with Crippen LogP contribution in [0.2, 0.25) is 0 Å². The summed E-state index contributed by atoms with van der Waals surface area (Å²) in [6, 6.07) is 3.81. The van der Waals surface area contributed by atoms with Gasteiger partial charge in [-0.25, -0.2) is 8.42 Å². The van der Waals surface area contributed by atoms with E-state index in [1.807, 2.05) is 11.0 Å². The lowest BCUT2D eigenvalue weighted by atomic mass is 10.1. The van der Waals surface area contributed by atoms with Gasteiger partial charge in [-0.3, -0.25) is 9.10 Å². The Morgan fingerprint density at radius 2 is 2.00 bits per heavy atom. The molecule has 1 amide bonds. The van der Waals surface area contributed by atoms with E-state index in [0.29, 0.717) is 23.7 Å². The molecular weight excluding hydrogens is 368 g/mol. The topological polar surface area (TPSA) is 57.7 Å². The number of rotatable bonds is 4. The van der Waals surface area contributed by atoms with Crippen molar-refractivity contribution in [1.29, 1.82) is 0 Å². The fourth-order valence-corrected chi connectivity index (χ4v) is 4.00. The fourth-order valence-electron chi connectivity index (χ4n) is 3.01. The van der Waals surface area contributed by atoms with E-state index in [9.17, 15) is 13.2 Å². The van der Waals surface area contributed by atoms with Gasteiger partial charge in [-0.2, -0.15) is 0 Å². The Labute approximate surface area is 139 Å². The lowest BCUT2D eigenvalue weighted by Gasteiger charge is -2.24. The van der Waals surface area contributed by atoms with Crippen molar-refractivity contribution in [3.8, 4) is 0 Å². The van der Waals surface area contributed by atoms with Crippen LogP contribution in [0.15, 0.2) is 16.6 Å². The molecule has 0 aromatic heterocycles. The Balaban J connectivity index is 2.05. The Morgan fingerprint density at radius 1 is 1.36 bits per heavy atom. The summed E-state index contributed by atoms with van der Waals surface area (Å²) in [5.41, 5.74) is 1.85. The van der Waals surface area contributed by atoms with Crippen LogP contribution in [0.25, 0.3) is 0 Å². The van der Waals surface area contributed by atoms with Gasteiger partial charge in [0, 0.05) is 24.1 Å². The van der Waals surface area contributed by atoms with E-state index in [1.54, 1.807) is 6.07 Å². The Kier molecular flexibility index (Phi) is 3.76. The highest BCUT2D eigenvalue weighted by atomic mass is 79.9. The van der Waals surface area contributed by atoms with E-state index in [-0.39, 0.29) is 11.9 Å². The highest BCUT2D eigenvalue weighted by molar-refractivity contribution is 9.10. The second kappa shape index (κ2) is 5.23. The SMILES string of the molecule is C[C@@H](C1CC1)N1Cc2cc(Br)cc(N(C)S(C)(=O)=O)c2C1=O. The molecule has 0 unspecified atom stereocenters. The molecule has 3 rings (SSSR count). The molecule has 0 saturated heterocycles. The molecule has 1 atom stereocenters. The van der Waals surface area contributed by atoms with Gasteiger partial charge in [-0.15, -0.1) is 0 Å². The average Bonchev–Trinajstić information content (AvgIpc) is 3.21. The van der Waals surface area contributed by atoms with Crippen molar-refractivity contribution in [2.45, 2.75) is 32.4 Å². The van der Waals surface area contributed by atoms with Gasteiger partial charge in [0.2, 0.25) is 10.0 Å². The first-order valence-corrected chi connectivity index (χ1v) is 9.91. The van der Waals surface area contributed by atoms with E-state index < -0.39 is 10.0 Å². The second-order valence-electron chi connectivity index (χ2n) is 6.20. The summed E-state index contributed by atoms with van der Waals surface area (Å²) in [6.07, 6.45) is 3.48. The number of amides is 1. The van der Waals surface area contributed by atoms with Crippen LogP contribution in [0.4, 0.5) is 5.69 Å². The predicted octanol–water partition coefficient (Wildman–Crippen LogP) is 2.60. The van der Waals surface area contributed by atoms with Gasteiger partial charge in [0.1, 0.15) is 0 Å². The number of nitrogens with zero attached hydrogens (tertiary/aromatic N) is 2. The van der Waals surface area contributed by atoms with Gasteiger partial charge in [0.05, 0.1) is 17.5 Å². The third-order valence-electron chi connectivity index (χ3n) is 4.61. The molecule has 2 aliphatic rings. The summed E-state index contributed by atoms with van der Waals surface area (Å²) >= 11 is 3.42. The third-order valence-corrected chi connectivity index (χ3v) is 6.26. The monoisotopic (exact) mass is 386 g/mol. The molecule has 120 valence electrons. The van der Waals surface area contributed by atoms with Crippen LogP contribution >= 0.6 is 15.9 Å². The van der Waals surface area contributed by atoms with Crippen molar-refractivity contribution in [2.75, 3.05) is 17.6 Å². The lowest BCUT2D eigenvalue weighted by Crippen LogP contribution is -2.35. The van der Waals surface area contributed by atoms with Crippen LogP contribution in [0.1, 0.15) is 35.7 Å². The predicted molar refractivity (Wildman–Crippen MR) is 89.4 cm³/mol. The maximum Gasteiger partial charge on any atom is 0.256 e. The molecule has 0 radical (unpaired) electrons. The summed E-state index contributed by atoms with van der Waals surface area (Å²) in [5.74, 6) is 0.519. The quantitative estimate of drug-likeness (QED) is 0.798. The Morgan fingerprint density at radius 3 is 2.55 bits per heavy atom. The maximum atomic E-state index is 12.8. The van der Waals surface area contributed by atoms with Crippen molar-refractivity contribution in [3.05, 3.63) is 27.7 Å². The van der Waals surface area contributed by atoms with Crippen LogP contribution in [0.3, 0.4) is 0 Å². The molecule has 7 heteroatoms. The first-order valence-electron chi connectivity index (χ1n) is 7.27. The zero-order chi connectivity index (χ0) is 16.2. The number of sulfonamides is 1. The molecule has 1 fully saturated rings. The standard InChI is InChI=1S/C15H19BrN2O3S/c1-9(10-4-5-10)18-8-11-6-12(16)7-13(14(11)15(18)19)17(2)22(3,20)21/h6-7,9-10H,4-5,8H2,1-3H3/t9-/m0/s1. The van der Waals surface area contributed by atoms with Gasteiger partial charge in [0.15, 0.2) is 0 Å². The van der Waals surface area contributed by atoms with Gasteiger partial charge >= 0.3 is 0 Å². The first-order chi connectivity index (χ1) is 10.2. The zero-order valence-electron chi connectivity index (χ0n) is 12.8. The molecule has 1 saturated carbocycles. The van der Waals surface area contributed by atoms with Gasteiger partial charge in [0.25, 0.3) is 5.91 Å². The molecule has 5 nitrogen and oxygen atoms in total. The van der Waals surface area contributed by atoms with Gasteiger partial charge in [-0.1, -0.05) is 15.9 Å². The number of halogens is 1. The Bertz CT molecular complexity index is 743. The fraction of sp³-hybridized carbons (Fsp3) is 0.533. The van der Waals surface area contributed by atoms with Crippen molar-refractivity contribution in [1.82, 2.24) is 4.90 Å². The molecule has 1 heterocycles. The number of carbonyl (C=O) groups is 1. The molecule has 1 aliphatic carbocycles. The normalized spacial score (nSPS) is 19.3. The summed E-state index contributed by atoms with van der Waals surface area (Å²) in [7, 11) is -1.93. The van der Waals surface area contributed by atoms with E-state index in [1.165, 1.54) is 24.2 Å². The molecule has 22 heavy (non-hydrogen) atoms. The largest absolute Gasteiger partial charge is 0.331 e. The van der Waals surface area contributed by atoms with Gasteiger partial charge < -0.3 is 4.90 Å². The van der Waals surface area contributed by atoms with Crippen LogP contribution in [-0.4, -0.2) is 38.6 Å². The highest BCUT2D eigenvalue weighted by Crippen LogP contribution is 2.41. The number of hydrogen-bond donors (Lipinski definition) is 0. The van der Waals surface area contributed by atoms with E-state index in [2.05, 4.69) is 22.9 Å². The lowest BCUT2D eigenvalue weighted by molar-refractivity contribution is 0.0698. The minimum Gasteiger partial charge on any atom is -0.331 e. The summed E-state index contributed by atoms with van der Waals surface area (Å²) in [6.45, 7) is 2.63. The van der Waals surface area contributed by atoms with E-state index in [4.69, 9.17) is 0 Å². The van der Waals surface area contributed by atoms with Crippen molar-refractivity contribution in [2.24, 2.45) is 5.92 Å². The van der Waals surface area contributed by atoms with Crippen LogP contribution in [0.5, 0.6) is 0 Å². The minimum absolute atomic E-state index is 0.0626. The molecular formula is C15H19BrN2O3S. The molecule has 0 bridgehead atoms. The number of benzene rings is 1. The smallest absolute Gasteiger partial charge is 0.256 e. The van der Waals surface area contributed by atoms with Crippen molar-refractivity contribution >= 4 is 37.5 Å². The van der Waals surface area contributed by atoms with Crippen molar-refractivity contribution < 1.29 is 13.2 Å². The van der Waals surface area contributed by atoms with E-state index >= 15 is 0 Å². The number of fused-ring (bicyclic) bond motifs is 1. The molecule has 1 aromatic rings. The van der Waals surface area contributed by atoms with Crippen molar-refractivity contribution in [3.63, 3.8) is 0 Å². The second-order valence-corrected chi connectivity index (χ2v) is 9.13. The maximum absolute atomic E-state index is 12.8. The third kappa shape index (κ3) is 2.65. The van der Waals surface area contributed by atoms with Crippen LogP contribution < -0.4 is 4.31 Å². The molecule has 1 aliphatic heterocycles.